The molecule has 0 aromatic heterocycles. The van der Waals surface area contributed by atoms with Gasteiger partial charge in [0, 0.05) is 5.56 Å². The number of esters is 1. The van der Waals surface area contributed by atoms with Crippen molar-refractivity contribution in [1.82, 2.24) is 0 Å². The van der Waals surface area contributed by atoms with Gasteiger partial charge in [-0.1, -0.05) is 42.5 Å². The summed E-state index contributed by atoms with van der Waals surface area (Å²) in [5.74, 6) is 1.78. The van der Waals surface area contributed by atoms with E-state index in [1.54, 1.807) is 25.3 Å². The summed E-state index contributed by atoms with van der Waals surface area (Å²) in [6.07, 6.45) is 1.65. The van der Waals surface area contributed by atoms with Gasteiger partial charge in [0.2, 0.25) is 5.90 Å². The third-order valence-electron chi connectivity index (χ3n) is 5.20. The van der Waals surface area contributed by atoms with E-state index < -0.39 is 5.97 Å². The van der Waals surface area contributed by atoms with Gasteiger partial charge in [0.1, 0.15) is 19.0 Å². The molecule has 3 aromatic carbocycles. The molecule has 1 aliphatic heterocycles. The van der Waals surface area contributed by atoms with E-state index in [1.165, 1.54) is 0 Å². The summed E-state index contributed by atoms with van der Waals surface area (Å²) >= 11 is 0. The van der Waals surface area contributed by atoms with Gasteiger partial charge in [0.05, 0.1) is 20.3 Å². The number of hydrogen-bond donors (Lipinski definition) is 0. The van der Waals surface area contributed by atoms with Crippen LogP contribution in [-0.2, 0) is 14.3 Å². The highest BCUT2D eigenvalue weighted by Crippen LogP contribution is 2.30. The van der Waals surface area contributed by atoms with Crippen LogP contribution in [-0.4, -0.2) is 45.4 Å². The number of cyclic esters (lactones) is 1. The van der Waals surface area contributed by atoms with Gasteiger partial charge in [0.25, 0.3) is 0 Å². The first-order chi connectivity index (χ1) is 17.1. The number of aliphatic imine (C=N–C) groups is 1. The van der Waals surface area contributed by atoms with Crippen molar-refractivity contribution >= 4 is 17.9 Å². The standard InChI is InChI=1S/C28H27NO6/c1-20-8-6-7-11-24(20)33-16-14-32-15-17-34-25-13-12-21(19-26(25)31-2)18-23-28(30)35-27(29-23)22-9-4-3-5-10-22/h3-13,18-19H,14-17H2,1-2H3/b23-18+. The number of aryl methyl sites for hydroxylation is 1. The first-order valence-corrected chi connectivity index (χ1v) is 11.3. The SMILES string of the molecule is COc1cc(/C=C2/N=C(c3ccccc3)OC2=O)ccc1OCCOCCOc1ccccc1C. The molecule has 1 aliphatic rings. The predicted molar refractivity (Wildman–Crippen MR) is 133 cm³/mol. The molecule has 0 unspecified atom stereocenters. The van der Waals surface area contributed by atoms with E-state index in [2.05, 4.69) is 4.99 Å². The van der Waals surface area contributed by atoms with Gasteiger partial charge in [-0.3, -0.25) is 0 Å². The van der Waals surface area contributed by atoms with Crippen LogP contribution in [0, 0.1) is 6.92 Å². The van der Waals surface area contributed by atoms with Crippen LogP contribution < -0.4 is 14.2 Å². The third-order valence-corrected chi connectivity index (χ3v) is 5.20. The highest BCUT2D eigenvalue weighted by Gasteiger charge is 2.24. The van der Waals surface area contributed by atoms with Crippen LogP contribution in [0.1, 0.15) is 16.7 Å². The molecule has 0 bridgehead atoms. The second-order valence-electron chi connectivity index (χ2n) is 7.69. The lowest BCUT2D eigenvalue weighted by Gasteiger charge is -2.12. The zero-order chi connectivity index (χ0) is 24.5. The molecule has 1 heterocycles. The summed E-state index contributed by atoms with van der Waals surface area (Å²) in [6, 6.07) is 22.6. The van der Waals surface area contributed by atoms with Crippen molar-refractivity contribution in [2.45, 2.75) is 6.92 Å². The average Bonchev–Trinajstić information content (AvgIpc) is 3.25. The van der Waals surface area contributed by atoms with Crippen LogP contribution in [0.4, 0.5) is 0 Å². The van der Waals surface area contributed by atoms with Gasteiger partial charge in [-0.15, -0.1) is 0 Å². The molecule has 7 nitrogen and oxygen atoms in total. The molecule has 7 heteroatoms. The molecule has 0 fully saturated rings. The quantitative estimate of drug-likeness (QED) is 0.226. The summed E-state index contributed by atoms with van der Waals surface area (Å²) in [5, 5.41) is 0. The Labute approximate surface area is 204 Å². The number of hydrogen-bond acceptors (Lipinski definition) is 7. The molecule has 0 atom stereocenters. The van der Waals surface area contributed by atoms with E-state index in [1.807, 2.05) is 67.6 Å². The number of benzene rings is 3. The lowest BCUT2D eigenvalue weighted by Crippen LogP contribution is -2.12. The molecule has 0 saturated carbocycles. The summed E-state index contributed by atoms with van der Waals surface area (Å²) in [6.45, 7) is 3.71. The molecule has 4 rings (SSSR count). The van der Waals surface area contributed by atoms with E-state index in [0.717, 1.165) is 22.4 Å². The smallest absolute Gasteiger partial charge is 0.363 e. The van der Waals surface area contributed by atoms with E-state index in [4.69, 9.17) is 23.7 Å². The molecule has 35 heavy (non-hydrogen) atoms. The molecule has 0 spiro atoms. The molecular weight excluding hydrogens is 446 g/mol. The minimum Gasteiger partial charge on any atom is -0.493 e. The monoisotopic (exact) mass is 473 g/mol. The molecule has 0 saturated heterocycles. The van der Waals surface area contributed by atoms with E-state index in [0.29, 0.717) is 37.9 Å². The Morgan fingerprint density at radius 3 is 2.29 bits per heavy atom. The average molecular weight is 474 g/mol. The Kier molecular flexibility index (Phi) is 8.14. The fourth-order valence-corrected chi connectivity index (χ4v) is 3.41. The van der Waals surface area contributed by atoms with Crippen molar-refractivity contribution < 1.29 is 28.5 Å². The molecule has 0 aliphatic carbocycles. The Balaban J connectivity index is 1.28. The van der Waals surface area contributed by atoms with Gasteiger partial charge < -0.3 is 23.7 Å². The van der Waals surface area contributed by atoms with Gasteiger partial charge >= 0.3 is 5.97 Å². The van der Waals surface area contributed by atoms with Crippen molar-refractivity contribution in [2.75, 3.05) is 33.5 Å². The topological polar surface area (TPSA) is 75.6 Å². The highest BCUT2D eigenvalue weighted by atomic mass is 16.6. The van der Waals surface area contributed by atoms with Crippen LogP contribution in [0.3, 0.4) is 0 Å². The Hall–Kier alpha value is -4.10. The number of rotatable bonds is 11. The molecule has 0 N–H and O–H groups in total. The van der Waals surface area contributed by atoms with E-state index >= 15 is 0 Å². The Morgan fingerprint density at radius 2 is 1.54 bits per heavy atom. The second-order valence-corrected chi connectivity index (χ2v) is 7.69. The maximum atomic E-state index is 12.2. The van der Waals surface area contributed by atoms with Gasteiger partial charge in [-0.2, -0.15) is 0 Å². The number of ether oxygens (including phenoxy) is 5. The van der Waals surface area contributed by atoms with E-state index in [9.17, 15) is 4.79 Å². The minimum atomic E-state index is -0.494. The normalized spacial score (nSPS) is 13.9. The maximum Gasteiger partial charge on any atom is 0.363 e. The third kappa shape index (κ3) is 6.49. The zero-order valence-corrected chi connectivity index (χ0v) is 19.7. The molecule has 0 amide bonds. The molecule has 0 radical (unpaired) electrons. The first kappa shape index (κ1) is 24.0. The maximum absolute atomic E-state index is 12.2. The predicted octanol–water partition coefficient (Wildman–Crippen LogP) is 4.82. The summed E-state index contributed by atoms with van der Waals surface area (Å²) < 4.78 is 27.9. The van der Waals surface area contributed by atoms with Crippen molar-refractivity contribution in [3.05, 3.63) is 95.2 Å². The van der Waals surface area contributed by atoms with Gasteiger partial charge in [0.15, 0.2) is 17.2 Å². The Morgan fingerprint density at radius 1 is 0.829 bits per heavy atom. The lowest BCUT2D eigenvalue weighted by atomic mass is 10.1. The molecule has 3 aromatic rings. The minimum absolute atomic E-state index is 0.223. The lowest BCUT2D eigenvalue weighted by molar-refractivity contribution is -0.129. The second kappa shape index (κ2) is 11.9. The highest BCUT2D eigenvalue weighted by molar-refractivity contribution is 6.12. The van der Waals surface area contributed by atoms with Gasteiger partial charge in [-0.05, 0) is 54.5 Å². The molecule has 180 valence electrons. The summed E-state index contributed by atoms with van der Waals surface area (Å²) in [7, 11) is 1.56. The largest absolute Gasteiger partial charge is 0.493 e. The number of nitrogens with zero attached hydrogens (tertiary/aromatic N) is 1. The van der Waals surface area contributed by atoms with Crippen LogP contribution >= 0.6 is 0 Å². The van der Waals surface area contributed by atoms with Crippen LogP contribution in [0.15, 0.2) is 83.5 Å². The number of carbonyl (C=O) groups is 1. The summed E-state index contributed by atoms with van der Waals surface area (Å²) in [5.41, 5.74) is 2.80. The van der Waals surface area contributed by atoms with E-state index in [-0.39, 0.29) is 11.6 Å². The van der Waals surface area contributed by atoms with Crippen molar-refractivity contribution in [3.8, 4) is 17.2 Å². The fraction of sp³-hybridized carbons (Fsp3) is 0.214. The van der Waals surface area contributed by atoms with Crippen LogP contribution in [0.2, 0.25) is 0 Å². The van der Waals surface area contributed by atoms with Crippen molar-refractivity contribution in [3.63, 3.8) is 0 Å². The van der Waals surface area contributed by atoms with Crippen LogP contribution in [0.25, 0.3) is 6.08 Å². The van der Waals surface area contributed by atoms with Crippen molar-refractivity contribution in [1.29, 1.82) is 0 Å². The van der Waals surface area contributed by atoms with Crippen molar-refractivity contribution in [2.24, 2.45) is 4.99 Å². The first-order valence-electron chi connectivity index (χ1n) is 11.3. The molecular formula is C28H27NO6. The summed E-state index contributed by atoms with van der Waals surface area (Å²) in [4.78, 5) is 16.6. The fourth-order valence-electron chi connectivity index (χ4n) is 3.41. The zero-order valence-electron chi connectivity index (χ0n) is 19.7. The number of carbonyl (C=O) groups excluding carboxylic acids is 1. The van der Waals surface area contributed by atoms with Gasteiger partial charge in [-0.25, -0.2) is 9.79 Å². The number of para-hydroxylation sites is 1. The number of methoxy groups -OCH3 is 1. The Bertz CT molecular complexity index is 1220. The van der Waals surface area contributed by atoms with Crippen LogP contribution in [0.5, 0.6) is 17.2 Å².